The Morgan fingerprint density at radius 1 is 0.929 bits per heavy atom. The summed E-state index contributed by atoms with van der Waals surface area (Å²) in [4.78, 5) is 0. The standard InChI is InChI=1S/C10H17ClO2S/c11-14(12,13)10-6-5-8-3-1-2-4-9(8)7-10/h8-10H,1-7H2/t8?,9?,10-/m1/s1. The molecule has 2 nitrogen and oxygen atoms in total. The summed E-state index contributed by atoms with van der Waals surface area (Å²) in [5.74, 6) is 1.43. The first-order valence-corrected chi connectivity index (χ1v) is 7.88. The second kappa shape index (κ2) is 4.01. The molecule has 4 heteroatoms. The van der Waals surface area contributed by atoms with Gasteiger partial charge >= 0.3 is 0 Å². The molecule has 0 N–H and O–H groups in total. The summed E-state index contributed by atoms with van der Waals surface area (Å²) in [5.41, 5.74) is 0. The fourth-order valence-electron chi connectivity index (χ4n) is 3.09. The van der Waals surface area contributed by atoms with Gasteiger partial charge in [0, 0.05) is 10.7 Å². The molecular weight excluding hydrogens is 220 g/mol. The van der Waals surface area contributed by atoms with E-state index in [1.54, 1.807) is 0 Å². The molecule has 2 aliphatic carbocycles. The molecule has 2 saturated carbocycles. The molecule has 0 heterocycles. The van der Waals surface area contributed by atoms with Crippen LogP contribution in [0.3, 0.4) is 0 Å². The van der Waals surface area contributed by atoms with Gasteiger partial charge in [0.15, 0.2) is 0 Å². The van der Waals surface area contributed by atoms with E-state index in [2.05, 4.69) is 0 Å². The molecule has 0 radical (unpaired) electrons. The zero-order chi connectivity index (χ0) is 10.2. The molecule has 0 amide bonds. The number of hydrogen-bond donors (Lipinski definition) is 0. The smallest absolute Gasteiger partial charge is 0.212 e. The molecule has 0 aliphatic heterocycles. The van der Waals surface area contributed by atoms with Crippen LogP contribution in [-0.2, 0) is 9.05 Å². The van der Waals surface area contributed by atoms with Crippen molar-refractivity contribution >= 4 is 19.7 Å². The van der Waals surface area contributed by atoms with Gasteiger partial charge < -0.3 is 0 Å². The molecular formula is C10H17ClO2S. The van der Waals surface area contributed by atoms with Gasteiger partial charge in [-0.15, -0.1) is 0 Å². The van der Waals surface area contributed by atoms with Gasteiger partial charge in [-0.3, -0.25) is 0 Å². The summed E-state index contributed by atoms with van der Waals surface area (Å²) in [7, 11) is 2.11. The third-order valence-electron chi connectivity index (χ3n) is 3.89. The van der Waals surface area contributed by atoms with Crippen LogP contribution < -0.4 is 0 Å². The maximum Gasteiger partial charge on any atom is 0.235 e. The second-order valence-corrected chi connectivity index (χ2v) is 7.62. The van der Waals surface area contributed by atoms with Crippen molar-refractivity contribution in [1.82, 2.24) is 0 Å². The molecule has 2 aliphatic rings. The summed E-state index contributed by atoms with van der Waals surface area (Å²) >= 11 is 0. The Balaban J connectivity index is 2.03. The van der Waals surface area contributed by atoms with Crippen LogP contribution in [0.25, 0.3) is 0 Å². The van der Waals surface area contributed by atoms with E-state index in [4.69, 9.17) is 10.7 Å². The second-order valence-electron chi connectivity index (χ2n) is 4.72. The van der Waals surface area contributed by atoms with Crippen LogP contribution in [0.4, 0.5) is 0 Å². The third kappa shape index (κ3) is 2.25. The molecule has 0 saturated heterocycles. The minimum atomic E-state index is -3.30. The SMILES string of the molecule is O=S(=O)(Cl)[C@@H]1CCC2CCCCC2C1. The predicted octanol–water partition coefficient (Wildman–Crippen LogP) is 2.91. The largest absolute Gasteiger partial charge is 0.235 e. The maximum atomic E-state index is 11.2. The number of rotatable bonds is 1. The van der Waals surface area contributed by atoms with Gasteiger partial charge in [0.25, 0.3) is 0 Å². The van der Waals surface area contributed by atoms with Crippen molar-refractivity contribution in [2.45, 2.75) is 50.2 Å². The van der Waals surface area contributed by atoms with E-state index in [-0.39, 0.29) is 5.25 Å². The predicted molar refractivity (Wildman–Crippen MR) is 57.9 cm³/mol. The molecule has 0 aromatic rings. The molecule has 0 aromatic carbocycles. The average Bonchev–Trinajstić information content (AvgIpc) is 2.16. The number of fused-ring (bicyclic) bond motifs is 1. The lowest BCUT2D eigenvalue weighted by Crippen LogP contribution is -2.33. The molecule has 82 valence electrons. The van der Waals surface area contributed by atoms with E-state index >= 15 is 0 Å². The third-order valence-corrected chi connectivity index (χ3v) is 5.87. The first kappa shape index (κ1) is 10.7. The highest BCUT2D eigenvalue weighted by atomic mass is 35.7. The lowest BCUT2D eigenvalue weighted by atomic mass is 9.71. The Kier molecular flexibility index (Phi) is 3.08. The number of halogens is 1. The highest BCUT2D eigenvalue weighted by Gasteiger charge is 2.36. The summed E-state index contributed by atoms with van der Waals surface area (Å²) in [6, 6.07) is 0. The van der Waals surface area contributed by atoms with Crippen molar-refractivity contribution < 1.29 is 8.42 Å². The highest BCUT2D eigenvalue weighted by molar-refractivity contribution is 8.14. The van der Waals surface area contributed by atoms with Crippen molar-refractivity contribution in [3.8, 4) is 0 Å². The Labute approximate surface area is 90.4 Å². The Morgan fingerprint density at radius 2 is 1.57 bits per heavy atom. The van der Waals surface area contributed by atoms with Crippen LogP contribution >= 0.6 is 10.7 Å². The lowest BCUT2D eigenvalue weighted by Gasteiger charge is -2.38. The molecule has 0 spiro atoms. The summed E-state index contributed by atoms with van der Waals surface area (Å²) in [6.07, 6.45) is 7.80. The van der Waals surface area contributed by atoms with Crippen LogP contribution in [0.15, 0.2) is 0 Å². The van der Waals surface area contributed by atoms with Gasteiger partial charge in [-0.2, -0.15) is 0 Å². The van der Waals surface area contributed by atoms with E-state index in [1.807, 2.05) is 0 Å². The van der Waals surface area contributed by atoms with Crippen LogP contribution in [0.2, 0.25) is 0 Å². The van der Waals surface area contributed by atoms with E-state index in [0.29, 0.717) is 5.92 Å². The first-order chi connectivity index (χ1) is 6.57. The van der Waals surface area contributed by atoms with Crippen molar-refractivity contribution in [2.75, 3.05) is 0 Å². The van der Waals surface area contributed by atoms with Crippen molar-refractivity contribution in [1.29, 1.82) is 0 Å². The highest BCUT2D eigenvalue weighted by Crippen LogP contribution is 2.42. The van der Waals surface area contributed by atoms with Gasteiger partial charge in [-0.1, -0.05) is 25.7 Å². The fourth-order valence-corrected chi connectivity index (χ4v) is 4.47. The van der Waals surface area contributed by atoms with Gasteiger partial charge in [0.2, 0.25) is 9.05 Å². The quantitative estimate of drug-likeness (QED) is 0.656. The van der Waals surface area contributed by atoms with E-state index in [9.17, 15) is 8.42 Å². The minimum Gasteiger partial charge on any atom is -0.212 e. The van der Waals surface area contributed by atoms with Crippen LogP contribution in [-0.4, -0.2) is 13.7 Å². The first-order valence-electron chi connectivity index (χ1n) is 5.51. The molecule has 0 bridgehead atoms. The molecule has 2 unspecified atom stereocenters. The van der Waals surface area contributed by atoms with E-state index < -0.39 is 9.05 Å². The number of hydrogen-bond acceptors (Lipinski definition) is 2. The van der Waals surface area contributed by atoms with Crippen molar-refractivity contribution in [3.63, 3.8) is 0 Å². The summed E-state index contributed by atoms with van der Waals surface area (Å²) in [6.45, 7) is 0. The monoisotopic (exact) mass is 236 g/mol. The average molecular weight is 237 g/mol. The topological polar surface area (TPSA) is 34.1 Å². The molecule has 14 heavy (non-hydrogen) atoms. The van der Waals surface area contributed by atoms with Gasteiger partial charge in [-0.25, -0.2) is 8.42 Å². The van der Waals surface area contributed by atoms with Crippen LogP contribution in [0, 0.1) is 11.8 Å². The molecule has 2 fully saturated rings. The molecule has 2 rings (SSSR count). The van der Waals surface area contributed by atoms with Gasteiger partial charge in [-0.05, 0) is 31.1 Å². The molecule has 3 atom stereocenters. The van der Waals surface area contributed by atoms with Gasteiger partial charge in [0.1, 0.15) is 0 Å². The Morgan fingerprint density at radius 3 is 2.21 bits per heavy atom. The fraction of sp³-hybridized carbons (Fsp3) is 1.00. The summed E-state index contributed by atoms with van der Waals surface area (Å²) in [5, 5.41) is -0.261. The van der Waals surface area contributed by atoms with Crippen molar-refractivity contribution in [2.24, 2.45) is 11.8 Å². The van der Waals surface area contributed by atoms with Crippen LogP contribution in [0.5, 0.6) is 0 Å². The Hall–Kier alpha value is 0.240. The Bertz CT molecular complexity index is 299. The van der Waals surface area contributed by atoms with Gasteiger partial charge in [0.05, 0.1) is 5.25 Å². The zero-order valence-corrected chi connectivity index (χ0v) is 9.86. The van der Waals surface area contributed by atoms with Crippen molar-refractivity contribution in [3.05, 3.63) is 0 Å². The summed E-state index contributed by atoms with van der Waals surface area (Å²) < 4.78 is 22.5. The maximum absolute atomic E-state index is 11.2. The van der Waals surface area contributed by atoms with Crippen LogP contribution in [0.1, 0.15) is 44.9 Å². The van der Waals surface area contributed by atoms with E-state index in [1.165, 1.54) is 25.7 Å². The van der Waals surface area contributed by atoms with E-state index in [0.717, 1.165) is 25.2 Å². The normalized spacial score (nSPS) is 39.1. The molecule has 0 aromatic heterocycles. The zero-order valence-electron chi connectivity index (χ0n) is 8.28. The lowest BCUT2D eigenvalue weighted by molar-refractivity contribution is 0.173. The minimum absolute atomic E-state index is 0.261.